The maximum Gasteiger partial charge on any atom is 0.276 e. The first-order valence-corrected chi connectivity index (χ1v) is 6.41. The van der Waals surface area contributed by atoms with Gasteiger partial charge < -0.3 is 0 Å². The van der Waals surface area contributed by atoms with E-state index in [0.717, 1.165) is 12.2 Å². The first-order valence-electron chi connectivity index (χ1n) is 6.41. The molecular weight excluding hydrogens is 284 g/mol. The normalized spacial score (nSPS) is 12.0. The van der Waals surface area contributed by atoms with Gasteiger partial charge in [-0.3, -0.25) is 20.2 Å². The highest BCUT2D eigenvalue weighted by atomic mass is 16.6. The predicted molar refractivity (Wildman–Crippen MR) is 82.8 cm³/mol. The zero-order valence-electron chi connectivity index (χ0n) is 11.5. The van der Waals surface area contributed by atoms with Crippen LogP contribution >= 0.6 is 0 Å². The molecule has 0 unspecified atom stereocenters. The monoisotopic (exact) mass is 296 g/mol. The van der Waals surface area contributed by atoms with Gasteiger partial charge in [0.05, 0.1) is 21.0 Å². The number of hydrogen-bond acceptors (Lipinski definition) is 4. The highest BCUT2D eigenvalue weighted by Crippen LogP contribution is 2.19. The lowest BCUT2D eigenvalue weighted by molar-refractivity contribution is -0.377. The fourth-order valence-corrected chi connectivity index (χ4v) is 1.90. The van der Waals surface area contributed by atoms with E-state index in [1.54, 1.807) is 60.7 Å². The molecule has 0 saturated carbocycles. The average Bonchev–Trinajstić information content (AvgIpc) is 2.52. The Balaban J connectivity index is 2.47. The minimum absolute atomic E-state index is 0.198. The van der Waals surface area contributed by atoms with Crippen LogP contribution in [-0.4, -0.2) is 9.85 Å². The Labute approximate surface area is 126 Å². The van der Waals surface area contributed by atoms with E-state index in [4.69, 9.17) is 0 Å². The summed E-state index contributed by atoms with van der Waals surface area (Å²) in [4.78, 5) is 21.2. The fraction of sp³-hybridized carbons (Fsp3) is 0. The largest absolute Gasteiger partial charge is 0.276 e. The molecule has 0 saturated heterocycles. The van der Waals surface area contributed by atoms with Gasteiger partial charge in [0.1, 0.15) is 0 Å². The van der Waals surface area contributed by atoms with E-state index in [9.17, 15) is 20.2 Å². The Morgan fingerprint density at radius 2 is 1.00 bits per heavy atom. The third-order valence-corrected chi connectivity index (χ3v) is 2.93. The molecule has 22 heavy (non-hydrogen) atoms. The van der Waals surface area contributed by atoms with Gasteiger partial charge in [-0.05, 0) is 24.3 Å². The van der Waals surface area contributed by atoms with Crippen molar-refractivity contribution in [1.29, 1.82) is 0 Å². The second-order valence-electron chi connectivity index (χ2n) is 4.35. The summed E-state index contributed by atoms with van der Waals surface area (Å²) < 4.78 is 0. The van der Waals surface area contributed by atoms with Crippen LogP contribution < -0.4 is 0 Å². The summed E-state index contributed by atoms with van der Waals surface area (Å²) in [5.41, 5.74) is 0.380. The Morgan fingerprint density at radius 1 is 0.682 bits per heavy atom. The summed E-state index contributed by atoms with van der Waals surface area (Å²) >= 11 is 0. The molecule has 0 aromatic heterocycles. The quantitative estimate of drug-likeness (QED) is 0.479. The molecule has 2 aromatic rings. The Bertz CT molecular complexity index is 672. The zero-order valence-corrected chi connectivity index (χ0v) is 11.5. The van der Waals surface area contributed by atoms with E-state index >= 15 is 0 Å². The highest BCUT2D eigenvalue weighted by Gasteiger charge is 2.16. The number of hydrogen-bond donors (Lipinski definition) is 0. The Kier molecular flexibility index (Phi) is 4.77. The van der Waals surface area contributed by atoms with Gasteiger partial charge in [0.2, 0.25) is 0 Å². The molecule has 2 aromatic carbocycles. The molecule has 0 fully saturated rings. The van der Waals surface area contributed by atoms with Crippen molar-refractivity contribution in [2.24, 2.45) is 0 Å². The number of benzene rings is 2. The van der Waals surface area contributed by atoms with E-state index < -0.39 is 9.85 Å². The molecule has 6 heteroatoms. The van der Waals surface area contributed by atoms with E-state index in [1.807, 2.05) is 0 Å². The van der Waals surface area contributed by atoms with Gasteiger partial charge in [0.25, 0.3) is 11.4 Å². The molecule has 0 atom stereocenters. The van der Waals surface area contributed by atoms with Crippen molar-refractivity contribution in [3.63, 3.8) is 0 Å². The van der Waals surface area contributed by atoms with E-state index in [1.165, 1.54) is 0 Å². The van der Waals surface area contributed by atoms with Crippen molar-refractivity contribution >= 4 is 11.4 Å². The molecule has 0 aliphatic carbocycles. The Hall–Kier alpha value is -3.28. The van der Waals surface area contributed by atoms with Crippen LogP contribution in [0.5, 0.6) is 0 Å². The third-order valence-electron chi connectivity index (χ3n) is 2.93. The molecule has 2 rings (SSSR count). The third kappa shape index (κ3) is 3.63. The highest BCUT2D eigenvalue weighted by molar-refractivity contribution is 5.66. The van der Waals surface area contributed by atoms with E-state index in [2.05, 4.69) is 0 Å². The lowest BCUT2D eigenvalue weighted by atomic mass is 10.1. The fourth-order valence-electron chi connectivity index (χ4n) is 1.90. The van der Waals surface area contributed by atoms with Crippen LogP contribution in [0.3, 0.4) is 0 Å². The molecule has 0 aliphatic rings. The second-order valence-corrected chi connectivity index (χ2v) is 4.35. The van der Waals surface area contributed by atoms with Gasteiger partial charge >= 0.3 is 0 Å². The molecule has 6 nitrogen and oxygen atoms in total. The number of rotatable bonds is 5. The van der Waals surface area contributed by atoms with Crippen LogP contribution in [0.1, 0.15) is 11.1 Å². The predicted octanol–water partition coefficient (Wildman–Crippen LogP) is 3.62. The summed E-state index contributed by atoms with van der Waals surface area (Å²) in [6, 6.07) is 16.5. The van der Waals surface area contributed by atoms with Gasteiger partial charge in [0, 0.05) is 12.2 Å². The van der Waals surface area contributed by atoms with Crippen molar-refractivity contribution in [1.82, 2.24) is 0 Å². The van der Waals surface area contributed by atoms with Gasteiger partial charge in [-0.15, -0.1) is 0 Å². The number of allylic oxidation sites excluding steroid dienone is 2. The van der Waals surface area contributed by atoms with Crippen LogP contribution in [0.25, 0.3) is 11.4 Å². The molecule has 0 heterocycles. The summed E-state index contributed by atoms with van der Waals surface area (Å²) in [6.07, 6.45) is 2.31. The SMILES string of the molecule is O=[N+]([O-])C(=CC=C(c1ccccc1)[N+](=O)[O-])c1ccccc1. The lowest BCUT2D eigenvalue weighted by Crippen LogP contribution is -2.00. The summed E-state index contributed by atoms with van der Waals surface area (Å²) in [5, 5.41) is 22.3. The minimum Gasteiger partial charge on any atom is -0.258 e. The number of nitrogens with zero attached hydrogens (tertiary/aromatic N) is 2. The van der Waals surface area contributed by atoms with Crippen LogP contribution in [0.4, 0.5) is 0 Å². The lowest BCUT2D eigenvalue weighted by Gasteiger charge is -1.99. The number of nitro groups is 2. The topological polar surface area (TPSA) is 86.3 Å². The van der Waals surface area contributed by atoms with Crippen molar-refractivity contribution in [2.75, 3.05) is 0 Å². The van der Waals surface area contributed by atoms with Gasteiger partial charge in [0.15, 0.2) is 0 Å². The van der Waals surface area contributed by atoms with E-state index in [0.29, 0.717) is 11.1 Å². The van der Waals surface area contributed by atoms with E-state index in [-0.39, 0.29) is 11.4 Å². The van der Waals surface area contributed by atoms with Crippen molar-refractivity contribution in [3.8, 4) is 0 Å². The summed E-state index contributed by atoms with van der Waals surface area (Å²) in [5.74, 6) is 0. The zero-order chi connectivity index (χ0) is 15.9. The minimum atomic E-state index is -0.561. The molecule has 0 radical (unpaired) electrons. The molecule has 0 N–H and O–H groups in total. The van der Waals surface area contributed by atoms with Crippen molar-refractivity contribution < 1.29 is 9.85 Å². The van der Waals surface area contributed by atoms with Crippen LogP contribution in [-0.2, 0) is 0 Å². The van der Waals surface area contributed by atoms with Crippen LogP contribution in [0, 0.1) is 20.2 Å². The second kappa shape index (κ2) is 6.94. The van der Waals surface area contributed by atoms with Gasteiger partial charge in [-0.1, -0.05) is 36.4 Å². The molecule has 0 amide bonds. The first kappa shape index (κ1) is 15.1. The first-order chi connectivity index (χ1) is 10.6. The molecule has 110 valence electrons. The summed E-state index contributed by atoms with van der Waals surface area (Å²) in [7, 11) is 0. The molecule has 0 bridgehead atoms. The maximum absolute atomic E-state index is 11.2. The van der Waals surface area contributed by atoms with Crippen LogP contribution in [0.15, 0.2) is 72.8 Å². The van der Waals surface area contributed by atoms with Gasteiger partial charge in [-0.25, -0.2) is 0 Å². The summed E-state index contributed by atoms with van der Waals surface area (Å²) in [6.45, 7) is 0. The molecule has 0 aliphatic heterocycles. The van der Waals surface area contributed by atoms with Gasteiger partial charge in [-0.2, -0.15) is 0 Å². The molecular formula is C16H12N2O4. The average molecular weight is 296 g/mol. The standard InChI is InChI=1S/C16H12N2O4/c19-17(20)15(13-7-3-1-4-8-13)11-12-16(18(21)22)14-9-5-2-6-10-14/h1-12H. The van der Waals surface area contributed by atoms with Crippen LogP contribution in [0.2, 0.25) is 0 Å². The Morgan fingerprint density at radius 3 is 1.27 bits per heavy atom. The molecule has 0 spiro atoms. The van der Waals surface area contributed by atoms with Crippen molar-refractivity contribution in [3.05, 3.63) is 104 Å². The smallest absolute Gasteiger partial charge is 0.258 e. The maximum atomic E-state index is 11.2. The van der Waals surface area contributed by atoms with Crippen molar-refractivity contribution in [2.45, 2.75) is 0 Å².